The molecule has 1 amide bonds. The molecule has 0 radical (unpaired) electrons. The molecule has 0 unspecified atom stereocenters. The van der Waals surface area contributed by atoms with Crippen molar-refractivity contribution in [3.05, 3.63) is 118 Å². The summed E-state index contributed by atoms with van der Waals surface area (Å²) in [6.45, 7) is 5.83. The summed E-state index contributed by atoms with van der Waals surface area (Å²) in [5.41, 5.74) is 6.69. The van der Waals surface area contributed by atoms with Crippen LogP contribution in [-0.2, 0) is 37.3 Å². The summed E-state index contributed by atoms with van der Waals surface area (Å²) >= 11 is 6.32. The maximum atomic E-state index is 13.2. The lowest BCUT2D eigenvalue weighted by Crippen LogP contribution is -2.33. The number of amides is 1. The molecular formula is C30H31ClN4O. The molecule has 0 N–H and O–H groups in total. The van der Waals surface area contributed by atoms with E-state index >= 15 is 0 Å². The third kappa shape index (κ3) is 5.53. The first-order chi connectivity index (χ1) is 17.6. The number of nitrogens with zero attached hydrogens (tertiary/aromatic N) is 4. The van der Waals surface area contributed by atoms with E-state index in [9.17, 15) is 4.79 Å². The van der Waals surface area contributed by atoms with Crippen LogP contribution in [0.25, 0.3) is 5.69 Å². The number of carbonyl (C=O) groups is 1. The van der Waals surface area contributed by atoms with E-state index in [2.05, 4.69) is 35.2 Å². The Hall–Kier alpha value is -3.41. The van der Waals surface area contributed by atoms with Crippen molar-refractivity contribution in [1.82, 2.24) is 19.6 Å². The van der Waals surface area contributed by atoms with Gasteiger partial charge in [-0.15, -0.1) is 0 Å². The molecule has 0 saturated heterocycles. The molecule has 1 aliphatic heterocycles. The van der Waals surface area contributed by atoms with E-state index in [0.29, 0.717) is 24.5 Å². The Morgan fingerprint density at radius 2 is 1.69 bits per heavy atom. The van der Waals surface area contributed by atoms with Gasteiger partial charge in [0, 0.05) is 43.2 Å². The highest BCUT2D eigenvalue weighted by Gasteiger charge is 2.27. The smallest absolute Gasteiger partial charge is 0.227 e. The Morgan fingerprint density at radius 3 is 2.39 bits per heavy atom. The second-order valence-corrected chi connectivity index (χ2v) is 9.72. The molecular weight excluding hydrogens is 468 g/mol. The lowest BCUT2D eigenvalue weighted by molar-refractivity contribution is -0.130. The van der Waals surface area contributed by atoms with Crippen LogP contribution < -0.4 is 0 Å². The van der Waals surface area contributed by atoms with E-state index in [-0.39, 0.29) is 5.91 Å². The standard InChI is InChI=1S/C30H31ClN4O/c1-2-34(30(36)18-23-10-5-3-6-11-23)22-28-27-21-33(20-24-12-7-4-8-13-24)17-16-29(27)35(32-28)26-15-9-14-25(31)19-26/h3-15,19H,2,16-18,20-22H2,1H3. The van der Waals surface area contributed by atoms with E-state index in [1.54, 1.807) is 0 Å². The van der Waals surface area contributed by atoms with Gasteiger partial charge in [-0.3, -0.25) is 9.69 Å². The Bertz CT molecular complexity index is 1320. The van der Waals surface area contributed by atoms with Crippen molar-refractivity contribution >= 4 is 17.5 Å². The molecule has 6 heteroatoms. The van der Waals surface area contributed by atoms with Crippen molar-refractivity contribution in [2.75, 3.05) is 13.1 Å². The summed E-state index contributed by atoms with van der Waals surface area (Å²) in [5.74, 6) is 0.117. The molecule has 4 aromatic rings. The number of aromatic nitrogens is 2. The number of rotatable bonds is 8. The van der Waals surface area contributed by atoms with E-state index < -0.39 is 0 Å². The topological polar surface area (TPSA) is 41.4 Å². The third-order valence-corrected chi connectivity index (χ3v) is 7.03. The van der Waals surface area contributed by atoms with Gasteiger partial charge in [0.05, 0.1) is 30.0 Å². The Labute approximate surface area is 217 Å². The number of hydrogen-bond donors (Lipinski definition) is 0. The maximum Gasteiger partial charge on any atom is 0.227 e. The van der Waals surface area contributed by atoms with Crippen LogP contribution in [0.3, 0.4) is 0 Å². The normalized spacial score (nSPS) is 13.4. The molecule has 0 atom stereocenters. The van der Waals surface area contributed by atoms with Gasteiger partial charge in [0.25, 0.3) is 0 Å². The molecule has 0 saturated carbocycles. The molecule has 3 aromatic carbocycles. The molecule has 5 nitrogen and oxygen atoms in total. The first-order valence-electron chi connectivity index (χ1n) is 12.5. The number of benzene rings is 3. The minimum Gasteiger partial charge on any atom is -0.337 e. The zero-order chi connectivity index (χ0) is 24.9. The number of likely N-dealkylation sites (N-methyl/N-ethyl adjacent to an activating group) is 1. The largest absolute Gasteiger partial charge is 0.337 e. The molecule has 1 aromatic heterocycles. The van der Waals surface area contributed by atoms with E-state index in [0.717, 1.165) is 43.0 Å². The summed E-state index contributed by atoms with van der Waals surface area (Å²) in [6, 6.07) is 28.3. The van der Waals surface area contributed by atoms with Crippen molar-refractivity contribution in [2.24, 2.45) is 0 Å². The van der Waals surface area contributed by atoms with Crippen LogP contribution in [0.5, 0.6) is 0 Å². The molecule has 0 spiro atoms. The molecule has 0 bridgehead atoms. The quantitative estimate of drug-likeness (QED) is 0.314. The van der Waals surface area contributed by atoms with Gasteiger partial charge in [-0.2, -0.15) is 5.10 Å². The Kier molecular flexibility index (Phi) is 7.49. The monoisotopic (exact) mass is 498 g/mol. The highest BCUT2D eigenvalue weighted by molar-refractivity contribution is 6.30. The van der Waals surface area contributed by atoms with Crippen LogP contribution in [0, 0.1) is 0 Å². The number of hydrogen-bond acceptors (Lipinski definition) is 3. The zero-order valence-electron chi connectivity index (χ0n) is 20.6. The van der Waals surface area contributed by atoms with E-state index in [1.165, 1.54) is 16.8 Å². The summed E-state index contributed by atoms with van der Waals surface area (Å²) in [4.78, 5) is 17.6. The minimum absolute atomic E-state index is 0.117. The molecule has 1 aliphatic rings. The van der Waals surface area contributed by atoms with Crippen molar-refractivity contribution in [3.63, 3.8) is 0 Å². The highest BCUT2D eigenvalue weighted by atomic mass is 35.5. The fourth-order valence-electron chi connectivity index (χ4n) is 4.91. The fourth-order valence-corrected chi connectivity index (χ4v) is 5.09. The van der Waals surface area contributed by atoms with Crippen molar-refractivity contribution in [3.8, 4) is 5.69 Å². The van der Waals surface area contributed by atoms with E-state index in [4.69, 9.17) is 16.7 Å². The van der Waals surface area contributed by atoms with Crippen molar-refractivity contribution < 1.29 is 4.79 Å². The number of halogens is 1. The third-order valence-electron chi connectivity index (χ3n) is 6.79. The number of carbonyl (C=O) groups excluding carboxylic acids is 1. The van der Waals surface area contributed by atoms with Crippen molar-refractivity contribution in [1.29, 1.82) is 0 Å². The van der Waals surface area contributed by atoms with Gasteiger partial charge >= 0.3 is 0 Å². The summed E-state index contributed by atoms with van der Waals surface area (Å²) in [6.07, 6.45) is 1.29. The van der Waals surface area contributed by atoms with Crippen LogP contribution >= 0.6 is 11.6 Å². The predicted molar refractivity (Wildman–Crippen MR) is 144 cm³/mol. The van der Waals surface area contributed by atoms with Crippen LogP contribution in [0.1, 0.15) is 35.0 Å². The molecule has 184 valence electrons. The fraction of sp³-hybridized carbons (Fsp3) is 0.267. The molecule has 36 heavy (non-hydrogen) atoms. The van der Waals surface area contributed by atoms with Gasteiger partial charge in [-0.25, -0.2) is 4.68 Å². The Balaban J connectivity index is 1.44. The molecule has 0 aliphatic carbocycles. The maximum absolute atomic E-state index is 13.2. The average Bonchev–Trinajstić information content (AvgIpc) is 3.26. The summed E-state index contributed by atoms with van der Waals surface area (Å²) in [5, 5.41) is 5.75. The van der Waals surface area contributed by atoms with Crippen LogP contribution in [-0.4, -0.2) is 38.6 Å². The summed E-state index contributed by atoms with van der Waals surface area (Å²) in [7, 11) is 0. The zero-order valence-corrected chi connectivity index (χ0v) is 21.4. The van der Waals surface area contributed by atoms with Gasteiger partial charge in [-0.1, -0.05) is 78.3 Å². The summed E-state index contributed by atoms with van der Waals surface area (Å²) < 4.78 is 2.03. The first kappa shape index (κ1) is 24.3. The lowest BCUT2D eigenvalue weighted by Gasteiger charge is -2.28. The van der Waals surface area contributed by atoms with Gasteiger partial charge in [0.15, 0.2) is 0 Å². The molecule has 2 heterocycles. The minimum atomic E-state index is 0.117. The van der Waals surface area contributed by atoms with Gasteiger partial charge < -0.3 is 4.90 Å². The van der Waals surface area contributed by atoms with Crippen LogP contribution in [0.4, 0.5) is 0 Å². The van der Waals surface area contributed by atoms with Crippen LogP contribution in [0.15, 0.2) is 84.9 Å². The molecule has 5 rings (SSSR count). The highest BCUT2D eigenvalue weighted by Crippen LogP contribution is 2.28. The SMILES string of the molecule is CCN(Cc1nn(-c2cccc(Cl)c2)c2c1CN(Cc1ccccc1)CC2)C(=O)Cc1ccccc1. The Morgan fingerprint density at radius 1 is 0.972 bits per heavy atom. The number of fused-ring (bicyclic) bond motifs is 1. The van der Waals surface area contributed by atoms with Crippen molar-refractivity contribution in [2.45, 2.75) is 39.4 Å². The predicted octanol–water partition coefficient (Wildman–Crippen LogP) is 5.68. The van der Waals surface area contributed by atoms with E-state index in [1.807, 2.05) is 71.1 Å². The van der Waals surface area contributed by atoms with Crippen LogP contribution in [0.2, 0.25) is 5.02 Å². The van der Waals surface area contributed by atoms with Gasteiger partial charge in [0.1, 0.15) is 0 Å². The first-order valence-corrected chi connectivity index (χ1v) is 12.9. The second kappa shape index (κ2) is 11.1. The average molecular weight is 499 g/mol. The lowest BCUT2D eigenvalue weighted by atomic mass is 10.0. The van der Waals surface area contributed by atoms with Gasteiger partial charge in [0.2, 0.25) is 5.91 Å². The second-order valence-electron chi connectivity index (χ2n) is 9.28. The van der Waals surface area contributed by atoms with Gasteiger partial charge in [-0.05, 0) is 36.2 Å². The molecule has 0 fully saturated rings.